The Balaban J connectivity index is 1.59. The Morgan fingerprint density at radius 1 is 1.24 bits per heavy atom. The summed E-state index contributed by atoms with van der Waals surface area (Å²) in [5.74, 6) is 4.40. The Labute approximate surface area is 151 Å². The number of carbonyl (C=O) groups is 1. The Morgan fingerprint density at radius 2 is 2.08 bits per heavy atom. The van der Waals surface area contributed by atoms with E-state index in [0.717, 1.165) is 31.6 Å². The van der Waals surface area contributed by atoms with E-state index >= 15 is 0 Å². The van der Waals surface area contributed by atoms with Crippen molar-refractivity contribution >= 4 is 5.78 Å². The lowest BCUT2D eigenvalue weighted by molar-refractivity contribution is -0.115. The van der Waals surface area contributed by atoms with Gasteiger partial charge in [0, 0.05) is 6.42 Å². The Hall–Kier alpha value is -1.36. The van der Waals surface area contributed by atoms with Gasteiger partial charge in [-0.05, 0) is 91.1 Å². The first-order valence-electron chi connectivity index (χ1n) is 10.5. The van der Waals surface area contributed by atoms with Gasteiger partial charge in [0.15, 0.2) is 5.78 Å². The predicted molar refractivity (Wildman–Crippen MR) is 97.3 cm³/mol. The highest BCUT2D eigenvalue weighted by atomic mass is 16.1. The second-order valence-corrected chi connectivity index (χ2v) is 9.37. The highest BCUT2D eigenvalue weighted by molar-refractivity contribution is 5.91. The first kappa shape index (κ1) is 15.9. The third kappa shape index (κ3) is 1.73. The van der Waals surface area contributed by atoms with Gasteiger partial charge in [0.1, 0.15) is 0 Å². The van der Waals surface area contributed by atoms with Crippen LogP contribution in [0.5, 0.6) is 0 Å². The summed E-state index contributed by atoms with van der Waals surface area (Å²) in [7, 11) is 0. The van der Waals surface area contributed by atoms with Gasteiger partial charge in [-0.2, -0.15) is 5.26 Å². The van der Waals surface area contributed by atoms with Gasteiger partial charge in [-0.3, -0.25) is 4.79 Å². The fraction of sp³-hybridized carbons (Fsp3) is 0.739. The Kier molecular flexibility index (Phi) is 3.23. The van der Waals surface area contributed by atoms with Gasteiger partial charge in [-0.1, -0.05) is 26.0 Å². The minimum Gasteiger partial charge on any atom is -0.295 e. The maximum atomic E-state index is 11.8. The van der Waals surface area contributed by atoms with Crippen molar-refractivity contribution in [3.63, 3.8) is 0 Å². The highest BCUT2D eigenvalue weighted by Crippen LogP contribution is 2.80. The lowest BCUT2D eigenvalue weighted by atomic mass is 9.46. The minimum absolute atomic E-state index is 0.0749. The molecule has 132 valence electrons. The van der Waals surface area contributed by atoms with Crippen LogP contribution < -0.4 is 0 Å². The Morgan fingerprint density at radius 3 is 2.80 bits per heavy atom. The molecule has 0 heterocycles. The lowest BCUT2D eigenvalue weighted by Gasteiger charge is -2.57. The largest absolute Gasteiger partial charge is 0.295 e. The van der Waals surface area contributed by atoms with Crippen LogP contribution in [0.3, 0.4) is 0 Å². The van der Waals surface area contributed by atoms with E-state index < -0.39 is 0 Å². The highest BCUT2D eigenvalue weighted by Gasteiger charge is 2.76. The molecule has 0 aromatic carbocycles. The molecule has 5 aliphatic carbocycles. The van der Waals surface area contributed by atoms with Gasteiger partial charge in [0.2, 0.25) is 0 Å². The summed E-state index contributed by atoms with van der Waals surface area (Å²) in [5.41, 5.74) is 1.46. The number of nitriles is 1. The average molecular weight is 335 g/mol. The van der Waals surface area contributed by atoms with Crippen molar-refractivity contribution in [1.29, 1.82) is 5.26 Å². The predicted octanol–water partition coefficient (Wildman–Crippen LogP) is 5.07. The first-order valence-corrected chi connectivity index (χ1v) is 10.5. The van der Waals surface area contributed by atoms with Crippen molar-refractivity contribution in [2.75, 3.05) is 0 Å². The van der Waals surface area contributed by atoms with E-state index in [1.165, 1.54) is 24.8 Å². The molecule has 0 saturated heterocycles. The van der Waals surface area contributed by atoms with Crippen LogP contribution in [-0.2, 0) is 4.79 Å². The van der Waals surface area contributed by atoms with Crippen LogP contribution in [0.4, 0.5) is 0 Å². The standard InChI is InChI=1S/C23H29NO/c1-3-22-10-9-17-16-8-6-15(25)11-14(16)5-7-18(17)21(22)19-12-20(19)23(22,4-2)13-24/h5,7,11,16-21H,3-4,6,8-10,12H2,1-2H3/t16?,17?,18?,19?,20?,21-,22?,23+/m1/s1. The van der Waals surface area contributed by atoms with Crippen molar-refractivity contribution in [1.82, 2.24) is 0 Å². The van der Waals surface area contributed by atoms with Crippen molar-refractivity contribution < 1.29 is 4.79 Å². The summed E-state index contributed by atoms with van der Waals surface area (Å²) in [6.07, 6.45) is 14.4. The summed E-state index contributed by atoms with van der Waals surface area (Å²) in [4.78, 5) is 11.8. The lowest BCUT2D eigenvalue weighted by Crippen LogP contribution is -2.51. The molecule has 0 N–H and O–H groups in total. The van der Waals surface area contributed by atoms with Crippen LogP contribution in [0.1, 0.15) is 58.8 Å². The fourth-order valence-corrected chi connectivity index (χ4v) is 8.21. The zero-order chi connectivity index (χ0) is 17.4. The van der Waals surface area contributed by atoms with Crippen LogP contribution in [0, 0.1) is 57.7 Å². The van der Waals surface area contributed by atoms with Crippen LogP contribution in [0.15, 0.2) is 23.8 Å². The minimum atomic E-state index is -0.0749. The molecule has 2 heteroatoms. The molecule has 0 aliphatic heterocycles. The van der Waals surface area contributed by atoms with E-state index in [1.54, 1.807) is 0 Å². The number of rotatable bonds is 2. The molecule has 0 spiro atoms. The molecule has 3 fully saturated rings. The van der Waals surface area contributed by atoms with Gasteiger partial charge in [-0.15, -0.1) is 0 Å². The summed E-state index contributed by atoms with van der Waals surface area (Å²) in [6.45, 7) is 4.60. The maximum Gasteiger partial charge on any atom is 0.155 e. The van der Waals surface area contributed by atoms with Crippen molar-refractivity contribution in [2.45, 2.75) is 58.8 Å². The number of nitrogens with zero attached hydrogens (tertiary/aromatic N) is 1. The molecular weight excluding hydrogens is 306 g/mol. The van der Waals surface area contributed by atoms with Gasteiger partial charge < -0.3 is 0 Å². The van der Waals surface area contributed by atoms with Gasteiger partial charge in [0.25, 0.3) is 0 Å². The second kappa shape index (κ2) is 5.09. The Bertz CT molecular complexity index is 727. The van der Waals surface area contributed by atoms with Gasteiger partial charge >= 0.3 is 0 Å². The number of ketones is 1. The normalized spacial score (nSPS) is 52.4. The van der Waals surface area contributed by atoms with Crippen LogP contribution in [0.25, 0.3) is 0 Å². The molecule has 0 amide bonds. The molecule has 0 aromatic rings. The first-order chi connectivity index (χ1) is 12.1. The maximum absolute atomic E-state index is 11.8. The molecule has 5 aliphatic rings. The number of hydrogen-bond acceptors (Lipinski definition) is 2. The molecule has 6 unspecified atom stereocenters. The molecule has 0 bridgehead atoms. The van der Waals surface area contributed by atoms with Crippen LogP contribution in [-0.4, -0.2) is 5.78 Å². The second-order valence-electron chi connectivity index (χ2n) is 9.37. The monoisotopic (exact) mass is 335 g/mol. The number of fused-ring (bicyclic) bond motifs is 7. The molecule has 3 saturated carbocycles. The SMILES string of the molecule is CCC12CCC3C4CCC(=O)C=C4C=CC3[C@@H]1C1CC1[C@@]2(C#N)CC. The van der Waals surface area contributed by atoms with Crippen LogP contribution >= 0.6 is 0 Å². The number of carbonyl (C=O) groups excluding carboxylic acids is 1. The van der Waals surface area contributed by atoms with Crippen LogP contribution in [0.2, 0.25) is 0 Å². The van der Waals surface area contributed by atoms with Crippen molar-refractivity contribution in [3.05, 3.63) is 23.8 Å². The molecule has 0 aromatic heterocycles. The van der Waals surface area contributed by atoms with E-state index in [2.05, 4.69) is 32.1 Å². The van der Waals surface area contributed by atoms with E-state index in [4.69, 9.17) is 0 Å². The summed E-state index contributed by atoms with van der Waals surface area (Å²) >= 11 is 0. The van der Waals surface area contributed by atoms with Gasteiger partial charge in [-0.25, -0.2) is 0 Å². The van der Waals surface area contributed by atoms with Gasteiger partial charge in [0.05, 0.1) is 11.5 Å². The molecule has 5 rings (SSSR count). The smallest absolute Gasteiger partial charge is 0.155 e. The molecule has 0 radical (unpaired) electrons. The molecular formula is C23H29NO. The average Bonchev–Trinajstić information content (AvgIpc) is 3.38. The molecule has 25 heavy (non-hydrogen) atoms. The van der Waals surface area contributed by atoms with Crippen molar-refractivity contribution in [3.8, 4) is 6.07 Å². The number of hydrogen-bond donors (Lipinski definition) is 0. The number of allylic oxidation sites excluding steroid dienone is 4. The van der Waals surface area contributed by atoms with Crippen molar-refractivity contribution in [2.24, 2.45) is 46.3 Å². The summed E-state index contributed by atoms with van der Waals surface area (Å²) in [6, 6.07) is 2.89. The zero-order valence-corrected chi connectivity index (χ0v) is 15.5. The van der Waals surface area contributed by atoms with E-state index in [-0.39, 0.29) is 10.8 Å². The summed E-state index contributed by atoms with van der Waals surface area (Å²) < 4.78 is 0. The zero-order valence-electron chi connectivity index (χ0n) is 15.5. The third-order valence-corrected chi connectivity index (χ3v) is 9.17. The summed E-state index contributed by atoms with van der Waals surface area (Å²) in [5, 5.41) is 10.2. The quantitative estimate of drug-likeness (QED) is 0.707. The molecule has 2 nitrogen and oxygen atoms in total. The third-order valence-electron chi connectivity index (χ3n) is 9.17. The fourth-order valence-electron chi connectivity index (χ4n) is 8.21. The van der Waals surface area contributed by atoms with E-state index in [0.29, 0.717) is 35.4 Å². The van der Waals surface area contributed by atoms with E-state index in [9.17, 15) is 10.1 Å². The molecule has 8 atom stereocenters. The van der Waals surface area contributed by atoms with E-state index in [1.807, 2.05) is 6.08 Å². The topological polar surface area (TPSA) is 40.9 Å².